The molecule has 0 aliphatic heterocycles. The lowest BCUT2D eigenvalue weighted by Gasteiger charge is -2.09. The highest BCUT2D eigenvalue weighted by molar-refractivity contribution is 6.32. The van der Waals surface area contributed by atoms with Gasteiger partial charge in [0.05, 0.1) is 0 Å². The van der Waals surface area contributed by atoms with E-state index in [1.54, 1.807) is 24.3 Å². The highest BCUT2D eigenvalue weighted by Crippen LogP contribution is 2.38. The fraction of sp³-hybridized carbons (Fsp3) is 0. The molecule has 0 bridgehead atoms. The molecule has 0 N–H and O–H groups in total. The van der Waals surface area contributed by atoms with Gasteiger partial charge in [-0.1, -0.05) is 78.3 Å². The van der Waals surface area contributed by atoms with E-state index >= 15 is 0 Å². The van der Waals surface area contributed by atoms with Gasteiger partial charge in [0.25, 0.3) is 0 Å². The van der Waals surface area contributed by atoms with Gasteiger partial charge in [-0.2, -0.15) is 0 Å². The number of benzene rings is 5. The van der Waals surface area contributed by atoms with Gasteiger partial charge in [0.1, 0.15) is 24.8 Å². The molecule has 7 aromatic rings. The van der Waals surface area contributed by atoms with Gasteiger partial charge in [-0.3, -0.25) is 0 Å². The fourth-order valence-electron chi connectivity index (χ4n) is 4.71. The number of fused-ring (bicyclic) bond motifs is 4. The first-order valence-corrected chi connectivity index (χ1v) is 11.8. The lowest BCUT2D eigenvalue weighted by molar-refractivity contribution is 0.628. The van der Waals surface area contributed by atoms with Gasteiger partial charge < -0.3 is 4.42 Å². The molecule has 0 unspecified atom stereocenters. The largest absolute Gasteiger partial charge is 0.456 e. The van der Waals surface area contributed by atoms with Crippen LogP contribution in [0, 0.1) is 5.82 Å². The molecular formula is C31H17BFN3O. The van der Waals surface area contributed by atoms with Crippen LogP contribution in [-0.4, -0.2) is 22.8 Å². The number of hydrogen-bond donors (Lipinski definition) is 0. The Morgan fingerprint density at radius 1 is 0.595 bits per heavy atom. The van der Waals surface area contributed by atoms with Crippen LogP contribution in [0.1, 0.15) is 0 Å². The Kier molecular flexibility index (Phi) is 4.86. The standard InChI is InChI=1S/C31H17BFN3O/c32-22-13-11-18(12-14-22)29-34-30(21-7-3-8-23(33)15-21)36-31(35-29)24-9-4-10-26-28(24)25-16-19-5-1-2-6-20(19)17-27(25)37-26/h1-17H. The van der Waals surface area contributed by atoms with Crippen molar-refractivity contribution in [2.45, 2.75) is 0 Å². The second-order valence-corrected chi connectivity index (χ2v) is 8.91. The van der Waals surface area contributed by atoms with E-state index in [1.807, 2.05) is 42.5 Å². The van der Waals surface area contributed by atoms with E-state index in [9.17, 15) is 4.39 Å². The molecule has 6 heteroatoms. The zero-order chi connectivity index (χ0) is 24.9. The summed E-state index contributed by atoms with van der Waals surface area (Å²) in [6, 6.07) is 31.8. The third-order valence-electron chi connectivity index (χ3n) is 6.49. The van der Waals surface area contributed by atoms with Crippen LogP contribution >= 0.6 is 0 Å². The molecule has 0 aliphatic carbocycles. The minimum Gasteiger partial charge on any atom is -0.456 e. The summed E-state index contributed by atoms with van der Waals surface area (Å²) in [6.45, 7) is 0. The van der Waals surface area contributed by atoms with Gasteiger partial charge in [-0.15, -0.1) is 0 Å². The van der Waals surface area contributed by atoms with E-state index in [1.165, 1.54) is 12.1 Å². The van der Waals surface area contributed by atoms with Crippen molar-refractivity contribution in [3.05, 3.63) is 109 Å². The summed E-state index contributed by atoms with van der Waals surface area (Å²) in [5.41, 5.74) is 4.33. The predicted octanol–water partition coefficient (Wildman–Crippen LogP) is 6.86. The van der Waals surface area contributed by atoms with Crippen LogP contribution in [0.5, 0.6) is 0 Å². The van der Waals surface area contributed by atoms with E-state index < -0.39 is 0 Å². The van der Waals surface area contributed by atoms with Crippen LogP contribution in [-0.2, 0) is 0 Å². The van der Waals surface area contributed by atoms with Crippen molar-refractivity contribution in [3.8, 4) is 34.2 Å². The number of furan rings is 1. The summed E-state index contributed by atoms with van der Waals surface area (Å²) < 4.78 is 20.4. The van der Waals surface area contributed by atoms with Gasteiger partial charge in [0, 0.05) is 27.5 Å². The third kappa shape index (κ3) is 3.74. The molecule has 2 radical (unpaired) electrons. The topological polar surface area (TPSA) is 51.8 Å². The highest BCUT2D eigenvalue weighted by atomic mass is 19.1. The van der Waals surface area contributed by atoms with Crippen molar-refractivity contribution in [1.29, 1.82) is 0 Å². The van der Waals surface area contributed by atoms with Crippen molar-refractivity contribution >= 4 is 46.0 Å². The molecule has 4 nitrogen and oxygen atoms in total. The van der Waals surface area contributed by atoms with Crippen molar-refractivity contribution in [3.63, 3.8) is 0 Å². The molecule has 2 aromatic heterocycles. The Labute approximate surface area is 212 Å². The molecule has 0 fully saturated rings. The van der Waals surface area contributed by atoms with Crippen LogP contribution in [0.25, 0.3) is 66.9 Å². The molecule has 0 saturated carbocycles. The SMILES string of the molecule is [B]c1ccc(-c2nc(-c3cccc(F)c3)nc(-c3cccc4oc5cc6ccccc6cc5c34)n2)cc1. The minimum absolute atomic E-state index is 0.358. The van der Waals surface area contributed by atoms with E-state index in [-0.39, 0.29) is 5.82 Å². The van der Waals surface area contributed by atoms with Crippen molar-refractivity contribution in [2.24, 2.45) is 0 Å². The lowest BCUT2D eigenvalue weighted by Crippen LogP contribution is -2.03. The van der Waals surface area contributed by atoms with E-state index in [0.29, 0.717) is 28.5 Å². The Balaban J connectivity index is 1.52. The third-order valence-corrected chi connectivity index (χ3v) is 6.49. The quantitative estimate of drug-likeness (QED) is 0.261. The average Bonchev–Trinajstić information content (AvgIpc) is 3.29. The van der Waals surface area contributed by atoms with Crippen molar-refractivity contribution < 1.29 is 8.81 Å². The molecule has 0 atom stereocenters. The molecule has 5 aromatic carbocycles. The molecule has 0 amide bonds. The van der Waals surface area contributed by atoms with Gasteiger partial charge in [-0.25, -0.2) is 19.3 Å². The normalized spacial score (nSPS) is 11.5. The second kappa shape index (κ2) is 8.38. The molecule has 0 aliphatic rings. The van der Waals surface area contributed by atoms with Gasteiger partial charge in [0.2, 0.25) is 0 Å². The first kappa shape index (κ1) is 21.4. The van der Waals surface area contributed by atoms with E-state index in [0.717, 1.165) is 43.8 Å². The summed E-state index contributed by atoms with van der Waals surface area (Å²) in [6.07, 6.45) is 0. The maximum atomic E-state index is 14.1. The molecule has 2 heterocycles. The predicted molar refractivity (Wildman–Crippen MR) is 146 cm³/mol. The van der Waals surface area contributed by atoms with Gasteiger partial charge in [-0.05, 0) is 41.1 Å². The number of aromatic nitrogens is 3. The van der Waals surface area contributed by atoms with Crippen LogP contribution in [0.2, 0.25) is 0 Å². The van der Waals surface area contributed by atoms with E-state index in [4.69, 9.17) is 22.2 Å². The van der Waals surface area contributed by atoms with Crippen molar-refractivity contribution in [2.75, 3.05) is 0 Å². The molecular weight excluding hydrogens is 460 g/mol. The number of hydrogen-bond acceptors (Lipinski definition) is 4. The summed E-state index contributed by atoms with van der Waals surface area (Å²) in [4.78, 5) is 14.3. The van der Waals surface area contributed by atoms with Crippen LogP contribution < -0.4 is 5.46 Å². The summed E-state index contributed by atoms with van der Waals surface area (Å²) in [7, 11) is 5.90. The first-order chi connectivity index (χ1) is 18.1. The summed E-state index contributed by atoms with van der Waals surface area (Å²) >= 11 is 0. The summed E-state index contributed by atoms with van der Waals surface area (Å²) in [5.74, 6) is 0.969. The van der Waals surface area contributed by atoms with Gasteiger partial charge in [0.15, 0.2) is 17.5 Å². The van der Waals surface area contributed by atoms with E-state index in [2.05, 4.69) is 29.2 Å². The zero-order valence-corrected chi connectivity index (χ0v) is 19.5. The van der Waals surface area contributed by atoms with Crippen LogP contribution in [0.4, 0.5) is 4.39 Å². The second-order valence-electron chi connectivity index (χ2n) is 8.91. The molecule has 37 heavy (non-hydrogen) atoms. The van der Waals surface area contributed by atoms with Crippen LogP contribution in [0.15, 0.2) is 108 Å². The average molecular weight is 477 g/mol. The Hall–Kier alpha value is -4.84. The molecule has 172 valence electrons. The minimum atomic E-state index is -0.358. The first-order valence-electron chi connectivity index (χ1n) is 11.8. The fourth-order valence-corrected chi connectivity index (χ4v) is 4.71. The molecule has 0 spiro atoms. The Bertz CT molecular complexity index is 1960. The monoisotopic (exact) mass is 477 g/mol. The highest BCUT2D eigenvalue weighted by Gasteiger charge is 2.18. The molecule has 0 saturated heterocycles. The maximum Gasteiger partial charge on any atom is 0.164 e. The number of nitrogens with zero attached hydrogens (tertiary/aromatic N) is 3. The van der Waals surface area contributed by atoms with Gasteiger partial charge >= 0.3 is 0 Å². The summed E-state index contributed by atoms with van der Waals surface area (Å²) in [5, 5.41) is 4.12. The van der Waals surface area contributed by atoms with Crippen LogP contribution in [0.3, 0.4) is 0 Å². The number of halogens is 1. The number of rotatable bonds is 3. The Morgan fingerprint density at radius 3 is 2.08 bits per heavy atom. The van der Waals surface area contributed by atoms with Crippen molar-refractivity contribution in [1.82, 2.24) is 15.0 Å². The Morgan fingerprint density at radius 2 is 1.30 bits per heavy atom. The lowest BCUT2D eigenvalue weighted by atomic mass is 9.95. The smallest absolute Gasteiger partial charge is 0.164 e. The molecule has 7 rings (SSSR count). The zero-order valence-electron chi connectivity index (χ0n) is 19.5. The maximum absolute atomic E-state index is 14.1.